The van der Waals surface area contributed by atoms with Crippen LogP contribution in [0.25, 0.3) is 0 Å². The first kappa shape index (κ1) is 15.8. The van der Waals surface area contributed by atoms with Crippen LogP contribution >= 0.6 is 0 Å². The van der Waals surface area contributed by atoms with Crippen molar-refractivity contribution in [3.63, 3.8) is 0 Å². The van der Waals surface area contributed by atoms with Gasteiger partial charge >= 0.3 is 0 Å². The van der Waals surface area contributed by atoms with Gasteiger partial charge in [0.15, 0.2) is 11.6 Å². The highest BCUT2D eigenvalue weighted by atomic mass is 16.5. The summed E-state index contributed by atoms with van der Waals surface area (Å²) < 4.78 is 10.5. The Morgan fingerprint density at radius 1 is 0.955 bits per heavy atom. The van der Waals surface area contributed by atoms with Gasteiger partial charge in [-0.3, -0.25) is 9.59 Å². The minimum atomic E-state index is -0.203. The highest BCUT2D eigenvalue weighted by Crippen LogP contribution is 2.38. The third-order valence-corrected chi connectivity index (χ3v) is 3.61. The second-order valence-corrected chi connectivity index (χ2v) is 4.85. The van der Waals surface area contributed by atoms with Gasteiger partial charge in [0.05, 0.1) is 19.8 Å². The van der Waals surface area contributed by atoms with E-state index in [1.54, 1.807) is 24.3 Å². The van der Waals surface area contributed by atoms with E-state index < -0.39 is 0 Å². The number of hydrogen-bond acceptors (Lipinski definition) is 4. The molecule has 0 amide bonds. The minimum Gasteiger partial charge on any atom is -0.497 e. The van der Waals surface area contributed by atoms with E-state index in [9.17, 15) is 9.59 Å². The summed E-state index contributed by atoms with van der Waals surface area (Å²) in [5, 5.41) is 0. The number of Topliss-reactive ketones (excluding diaryl/α,β-unsaturated/α-hetero) is 2. The molecule has 0 fully saturated rings. The third kappa shape index (κ3) is 2.48. The molecule has 22 heavy (non-hydrogen) atoms. The maximum atomic E-state index is 12.8. The fourth-order valence-electron chi connectivity index (χ4n) is 2.59. The Balaban J connectivity index is 2.73. The fraction of sp³-hybridized carbons (Fsp3) is 0.222. The van der Waals surface area contributed by atoms with Gasteiger partial charge in [-0.15, -0.1) is 13.2 Å². The number of hydrogen-bond donors (Lipinski definition) is 0. The van der Waals surface area contributed by atoms with Crippen molar-refractivity contribution in [1.29, 1.82) is 0 Å². The van der Waals surface area contributed by atoms with E-state index in [4.69, 9.17) is 9.47 Å². The average molecular weight is 298 g/mol. The van der Waals surface area contributed by atoms with Gasteiger partial charge in [0.2, 0.25) is 0 Å². The molecule has 114 valence electrons. The highest BCUT2D eigenvalue weighted by Gasteiger charge is 2.34. The van der Waals surface area contributed by atoms with E-state index in [2.05, 4.69) is 13.2 Å². The first-order valence-electron chi connectivity index (χ1n) is 6.88. The summed E-state index contributed by atoms with van der Waals surface area (Å²) in [5.74, 6) is 0.420. The van der Waals surface area contributed by atoms with E-state index in [-0.39, 0.29) is 17.1 Å². The minimum absolute atomic E-state index is 0.191. The molecule has 1 aromatic carbocycles. The predicted molar refractivity (Wildman–Crippen MR) is 84.9 cm³/mol. The number of fused-ring (bicyclic) bond motifs is 1. The number of rotatable bonds is 6. The molecule has 0 aliphatic heterocycles. The molecule has 0 atom stereocenters. The van der Waals surface area contributed by atoms with Crippen molar-refractivity contribution >= 4 is 11.6 Å². The molecule has 0 unspecified atom stereocenters. The van der Waals surface area contributed by atoms with Gasteiger partial charge in [-0.1, -0.05) is 12.2 Å². The molecule has 0 bridgehead atoms. The normalized spacial score (nSPS) is 13.7. The number of benzene rings is 1. The van der Waals surface area contributed by atoms with Crippen LogP contribution in [0.4, 0.5) is 0 Å². The van der Waals surface area contributed by atoms with E-state index >= 15 is 0 Å². The Hall–Kier alpha value is -2.62. The summed E-state index contributed by atoms with van der Waals surface area (Å²) in [4.78, 5) is 25.6. The second kappa shape index (κ2) is 6.43. The largest absolute Gasteiger partial charge is 0.497 e. The van der Waals surface area contributed by atoms with E-state index in [1.807, 2.05) is 0 Å². The quantitative estimate of drug-likeness (QED) is 0.754. The molecule has 1 aliphatic rings. The molecule has 4 heteroatoms. The van der Waals surface area contributed by atoms with E-state index in [0.29, 0.717) is 41.1 Å². The molecular formula is C18H18O4. The Kier molecular flexibility index (Phi) is 4.61. The Morgan fingerprint density at radius 2 is 1.55 bits per heavy atom. The number of carbonyl (C=O) groups excluding carboxylic acids is 2. The van der Waals surface area contributed by atoms with Crippen LogP contribution < -0.4 is 9.47 Å². The maximum Gasteiger partial charge on any atom is 0.194 e. The van der Waals surface area contributed by atoms with Crippen molar-refractivity contribution < 1.29 is 19.1 Å². The zero-order valence-corrected chi connectivity index (χ0v) is 12.8. The smallest absolute Gasteiger partial charge is 0.194 e. The van der Waals surface area contributed by atoms with Crippen LogP contribution in [-0.2, 0) is 0 Å². The molecule has 0 heterocycles. The van der Waals surface area contributed by atoms with Gasteiger partial charge in [0, 0.05) is 22.8 Å². The van der Waals surface area contributed by atoms with Gasteiger partial charge < -0.3 is 9.47 Å². The zero-order chi connectivity index (χ0) is 16.3. The van der Waals surface area contributed by atoms with Crippen LogP contribution in [-0.4, -0.2) is 25.8 Å². The SMILES string of the molecule is C=CCC1=C(CC=C)C(=O)c2c(OC)cc(OC)cc2C1=O. The number of methoxy groups -OCH3 is 2. The molecule has 0 spiro atoms. The summed E-state index contributed by atoms with van der Waals surface area (Å²) in [5.41, 5.74) is 1.52. The molecule has 0 saturated heterocycles. The first-order valence-corrected chi connectivity index (χ1v) is 6.88. The molecule has 0 N–H and O–H groups in total. The van der Waals surface area contributed by atoms with Crippen molar-refractivity contribution in [3.8, 4) is 11.5 Å². The molecular weight excluding hydrogens is 280 g/mol. The van der Waals surface area contributed by atoms with Crippen LogP contribution in [0, 0.1) is 0 Å². The van der Waals surface area contributed by atoms with Gasteiger partial charge in [-0.05, 0) is 18.9 Å². The lowest BCUT2D eigenvalue weighted by molar-refractivity contribution is 0.0968. The van der Waals surface area contributed by atoms with Crippen LogP contribution in [0.15, 0.2) is 48.6 Å². The summed E-state index contributed by atoms with van der Waals surface area (Å²) in [6, 6.07) is 3.18. The molecule has 0 saturated carbocycles. The van der Waals surface area contributed by atoms with Crippen LogP contribution in [0.3, 0.4) is 0 Å². The van der Waals surface area contributed by atoms with Crippen molar-refractivity contribution in [2.45, 2.75) is 12.8 Å². The van der Waals surface area contributed by atoms with Crippen LogP contribution in [0.1, 0.15) is 33.6 Å². The molecule has 1 aromatic rings. The summed E-state index contributed by atoms with van der Waals surface area (Å²) in [7, 11) is 2.96. The fourth-order valence-corrected chi connectivity index (χ4v) is 2.59. The van der Waals surface area contributed by atoms with Crippen molar-refractivity contribution in [3.05, 3.63) is 59.7 Å². The zero-order valence-electron chi connectivity index (χ0n) is 12.8. The van der Waals surface area contributed by atoms with Crippen molar-refractivity contribution in [2.75, 3.05) is 14.2 Å². The lowest BCUT2D eigenvalue weighted by atomic mass is 9.81. The van der Waals surface area contributed by atoms with Crippen LogP contribution in [0.2, 0.25) is 0 Å². The highest BCUT2D eigenvalue weighted by molar-refractivity contribution is 6.28. The topological polar surface area (TPSA) is 52.6 Å². The molecule has 2 rings (SSSR count). The number of carbonyl (C=O) groups is 2. The third-order valence-electron chi connectivity index (χ3n) is 3.61. The summed E-state index contributed by atoms with van der Waals surface area (Å²) in [6.07, 6.45) is 3.91. The molecule has 4 nitrogen and oxygen atoms in total. The van der Waals surface area contributed by atoms with Gasteiger partial charge in [-0.2, -0.15) is 0 Å². The van der Waals surface area contributed by atoms with Gasteiger partial charge in [0.25, 0.3) is 0 Å². The average Bonchev–Trinajstić information content (AvgIpc) is 2.54. The summed E-state index contributed by atoms with van der Waals surface area (Å²) in [6.45, 7) is 7.32. The predicted octanol–water partition coefficient (Wildman–Crippen LogP) is 3.53. The van der Waals surface area contributed by atoms with Crippen LogP contribution in [0.5, 0.6) is 11.5 Å². The van der Waals surface area contributed by atoms with Crippen molar-refractivity contribution in [2.24, 2.45) is 0 Å². The molecule has 0 radical (unpaired) electrons. The number of ether oxygens (including phenoxy) is 2. The Bertz CT molecular complexity index is 695. The Labute approximate surface area is 129 Å². The maximum absolute atomic E-state index is 12.8. The Morgan fingerprint density at radius 3 is 2.05 bits per heavy atom. The van der Waals surface area contributed by atoms with Crippen molar-refractivity contribution in [1.82, 2.24) is 0 Å². The first-order chi connectivity index (χ1) is 10.6. The number of allylic oxidation sites excluding steroid dienone is 4. The monoisotopic (exact) mass is 298 g/mol. The number of ketones is 2. The van der Waals surface area contributed by atoms with E-state index in [1.165, 1.54) is 14.2 Å². The lowest BCUT2D eigenvalue weighted by Gasteiger charge is -2.22. The van der Waals surface area contributed by atoms with Gasteiger partial charge in [0.1, 0.15) is 11.5 Å². The standard InChI is InChI=1S/C18H18O4/c1-5-7-12-13(8-6-2)18(20)16-14(17(12)19)9-11(21-3)10-15(16)22-4/h5-6,9-10H,1-2,7-8H2,3-4H3. The second-order valence-electron chi connectivity index (χ2n) is 4.85. The molecule has 1 aliphatic carbocycles. The van der Waals surface area contributed by atoms with Gasteiger partial charge in [-0.25, -0.2) is 0 Å². The van der Waals surface area contributed by atoms with E-state index in [0.717, 1.165) is 0 Å². The molecule has 0 aromatic heterocycles. The lowest BCUT2D eigenvalue weighted by Crippen LogP contribution is -2.23. The summed E-state index contributed by atoms with van der Waals surface area (Å²) >= 11 is 0.